The van der Waals surface area contributed by atoms with Crippen LogP contribution in [0.1, 0.15) is 18.4 Å². The molecule has 0 radical (unpaired) electrons. The van der Waals surface area contributed by atoms with Crippen LogP contribution in [-0.4, -0.2) is 64.2 Å². The molecule has 0 bridgehead atoms. The molecule has 0 spiro atoms. The third-order valence-electron chi connectivity index (χ3n) is 5.03. The summed E-state index contributed by atoms with van der Waals surface area (Å²) in [6, 6.07) is 7.86. The first-order valence-electron chi connectivity index (χ1n) is 9.49. The van der Waals surface area contributed by atoms with E-state index in [1.165, 1.54) is 0 Å². The number of rotatable bonds is 6. The first-order valence-corrected chi connectivity index (χ1v) is 9.49. The van der Waals surface area contributed by atoms with Crippen molar-refractivity contribution in [3.8, 4) is 5.69 Å². The van der Waals surface area contributed by atoms with Crippen molar-refractivity contribution in [3.05, 3.63) is 48.5 Å². The quantitative estimate of drug-likeness (QED) is 0.665. The third kappa shape index (κ3) is 5.17. The van der Waals surface area contributed by atoms with Crippen LogP contribution in [0.25, 0.3) is 5.69 Å². The number of para-hydroxylation sites is 1. The molecule has 8 nitrogen and oxygen atoms in total. The summed E-state index contributed by atoms with van der Waals surface area (Å²) in [6.07, 6.45) is 6.74. The minimum Gasteiger partial charge on any atom is -0.387 e. The number of nitrogens with zero attached hydrogens (tertiary/aromatic N) is 3. The van der Waals surface area contributed by atoms with Crippen LogP contribution < -0.4 is 10.6 Å². The molecule has 2 aromatic rings. The number of likely N-dealkylation sites (N-methyl/N-ethyl adjacent to an activating group) is 1. The average molecular weight is 385 g/mol. The lowest BCUT2D eigenvalue weighted by atomic mass is 10.0. The second-order valence-electron chi connectivity index (χ2n) is 7.23. The Morgan fingerprint density at radius 3 is 2.82 bits per heavy atom. The number of benzene rings is 1. The number of carbonyl (C=O) groups excluding carboxylic acids is 2. The zero-order chi connectivity index (χ0) is 19.9. The normalized spacial score (nSPS) is 20.4. The van der Waals surface area contributed by atoms with E-state index >= 15 is 0 Å². The zero-order valence-electron chi connectivity index (χ0n) is 16.0. The maximum Gasteiger partial charge on any atom is 0.245 e. The van der Waals surface area contributed by atoms with Gasteiger partial charge < -0.3 is 25.2 Å². The summed E-state index contributed by atoms with van der Waals surface area (Å²) in [5.41, 5.74) is 2.01. The summed E-state index contributed by atoms with van der Waals surface area (Å²) in [7, 11) is 1.94. The second kappa shape index (κ2) is 9.48. The largest absolute Gasteiger partial charge is 0.387 e. The molecule has 2 atom stereocenters. The van der Waals surface area contributed by atoms with Gasteiger partial charge in [0, 0.05) is 38.1 Å². The first kappa shape index (κ1) is 20.0. The van der Waals surface area contributed by atoms with E-state index in [0.29, 0.717) is 32.5 Å². The maximum atomic E-state index is 12.8. The summed E-state index contributed by atoms with van der Waals surface area (Å²) >= 11 is 0. The van der Waals surface area contributed by atoms with Crippen LogP contribution in [0.4, 0.5) is 0 Å². The second-order valence-corrected chi connectivity index (χ2v) is 7.23. The Labute approximate surface area is 164 Å². The Morgan fingerprint density at radius 1 is 1.25 bits per heavy atom. The number of imidazole rings is 1. The molecule has 8 heteroatoms. The number of amides is 2. The molecule has 28 heavy (non-hydrogen) atoms. The molecule has 1 aromatic carbocycles. The van der Waals surface area contributed by atoms with E-state index in [-0.39, 0.29) is 23.8 Å². The Morgan fingerprint density at radius 2 is 2.07 bits per heavy atom. The van der Waals surface area contributed by atoms with Gasteiger partial charge in [-0.1, -0.05) is 18.2 Å². The van der Waals surface area contributed by atoms with Gasteiger partial charge in [0.05, 0.1) is 17.9 Å². The number of aromatic nitrogens is 2. The van der Waals surface area contributed by atoms with E-state index in [9.17, 15) is 9.59 Å². The van der Waals surface area contributed by atoms with Gasteiger partial charge >= 0.3 is 0 Å². The van der Waals surface area contributed by atoms with E-state index in [2.05, 4.69) is 20.5 Å². The smallest absolute Gasteiger partial charge is 0.245 e. The van der Waals surface area contributed by atoms with Crippen molar-refractivity contribution < 1.29 is 14.7 Å². The standard InChI is InChI=1S/C20H27N5O3/c1-24-11-16(6-7-17(12-24)23-19(27)13-26)20(28)22-10-15-4-2-3-5-18(15)25-9-8-21-14-25/h2-5,8-9,14,16-17,26H,6-7,10-13H2,1H3,(H,22,28)(H,23,27)/t16-,17+/m1/s1. The number of aliphatic hydroxyl groups is 1. The van der Waals surface area contributed by atoms with Crippen LogP contribution in [-0.2, 0) is 16.1 Å². The van der Waals surface area contributed by atoms with E-state index in [0.717, 1.165) is 11.3 Å². The molecule has 0 saturated carbocycles. The zero-order valence-corrected chi connectivity index (χ0v) is 16.0. The van der Waals surface area contributed by atoms with Gasteiger partial charge in [-0.15, -0.1) is 0 Å². The van der Waals surface area contributed by atoms with Crippen LogP contribution in [0, 0.1) is 5.92 Å². The Kier molecular flexibility index (Phi) is 6.78. The third-order valence-corrected chi connectivity index (χ3v) is 5.03. The van der Waals surface area contributed by atoms with Crippen molar-refractivity contribution in [2.75, 3.05) is 26.7 Å². The molecular formula is C20H27N5O3. The van der Waals surface area contributed by atoms with Gasteiger partial charge in [0.25, 0.3) is 0 Å². The van der Waals surface area contributed by atoms with Crippen molar-refractivity contribution in [2.45, 2.75) is 25.4 Å². The summed E-state index contributed by atoms with van der Waals surface area (Å²) in [4.78, 5) is 30.3. The van der Waals surface area contributed by atoms with E-state index in [1.54, 1.807) is 12.5 Å². The highest BCUT2D eigenvalue weighted by Crippen LogP contribution is 2.18. The van der Waals surface area contributed by atoms with Gasteiger partial charge in [0.15, 0.2) is 0 Å². The lowest BCUT2D eigenvalue weighted by Crippen LogP contribution is -2.42. The van der Waals surface area contributed by atoms with Crippen LogP contribution in [0.2, 0.25) is 0 Å². The fourth-order valence-electron chi connectivity index (χ4n) is 3.66. The number of hydrogen-bond donors (Lipinski definition) is 3. The topological polar surface area (TPSA) is 99.5 Å². The van der Waals surface area contributed by atoms with Gasteiger partial charge in [-0.25, -0.2) is 4.98 Å². The number of nitrogens with one attached hydrogen (secondary N) is 2. The average Bonchev–Trinajstić information content (AvgIpc) is 3.17. The lowest BCUT2D eigenvalue weighted by molar-refractivity contribution is -0.126. The molecule has 1 aliphatic rings. The highest BCUT2D eigenvalue weighted by molar-refractivity contribution is 5.79. The van der Waals surface area contributed by atoms with Crippen LogP contribution >= 0.6 is 0 Å². The number of likely N-dealkylation sites (tertiary alicyclic amines) is 1. The van der Waals surface area contributed by atoms with Crippen molar-refractivity contribution in [1.82, 2.24) is 25.1 Å². The van der Waals surface area contributed by atoms with Crippen molar-refractivity contribution >= 4 is 11.8 Å². The maximum absolute atomic E-state index is 12.8. The molecule has 1 saturated heterocycles. The highest BCUT2D eigenvalue weighted by atomic mass is 16.3. The monoisotopic (exact) mass is 385 g/mol. The Hall–Kier alpha value is -2.71. The molecule has 2 amide bonds. The number of carbonyl (C=O) groups is 2. The van der Waals surface area contributed by atoms with Gasteiger partial charge in [0.1, 0.15) is 6.61 Å². The van der Waals surface area contributed by atoms with E-state index < -0.39 is 6.61 Å². The molecule has 3 N–H and O–H groups in total. The Bertz CT molecular complexity index is 793. The predicted octanol–water partition coefficient (Wildman–Crippen LogP) is 0.307. The number of hydrogen-bond acceptors (Lipinski definition) is 5. The highest BCUT2D eigenvalue weighted by Gasteiger charge is 2.27. The van der Waals surface area contributed by atoms with Crippen LogP contribution in [0.15, 0.2) is 43.0 Å². The lowest BCUT2D eigenvalue weighted by Gasteiger charge is -2.21. The summed E-state index contributed by atoms with van der Waals surface area (Å²) in [6.45, 7) is 1.23. The van der Waals surface area contributed by atoms with Crippen LogP contribution in [0.5, 0.6) is 0 Å². The minimum atomic E-state index is -0.513. The molecule has 1 aromatic heterocycles. The SMILES string of the molecule is CN1C[C@@H](NC(=O)CO)CC[C@@H](C(=O)NCc2ccccc2-n2ccnc2)C1. The van der Waals surface area contributed by atoms with E-state index in [4.69, 9.17) is 5.11 Å². The number of aliphatic hydroxyl groups excluding tert-OH is 1. The van der Waals surface area contributed by atoms with Gasteiger partial charge in [0.2, 0.25) is 11.8 Å². The van der Waals surface area contributed by atoms with Crippen molar-refractivity contribution in [1.29, 1.82) is 0 Å². The van der Waals surface area contributed by atoms with Crippen molar-refractivity contribution in [3.63, 3.8) is 0 Å². The van der Waals surface area contributed by atoms with Crippen molar-refractivity contribution in [2.24, 2.45) is 5.92 Å². The fourth-order valence-corrected chi connectivity index (χ4v) is 3.66. The van der Waals surface area contributed by atoms with E-state index in [1.807, 2.05) is 42.1 Å². The molecular weight excluding hydrogens is 358 g/mol. The molecule has 1 aliphatic heterocycles. The molecule has 0 aliphatic carbocycles. The summed E-state index contributed by atoms with van der Waals surface area (Å²) in [5.74, 6) is -0.500. The Balaban J connectivity index is 1.59. The minimum absolute atomic E-state index is 0.0152. The predicted molar refractivity (Wildman–Crippen MR) is 105 cm³/mol. The fraction of sp³-hybridized carbons (Fsp3) is 0.450. The van der Waals surface area contributed by atoms with Gasteiger partial charge in [-0.3, -0.25) is 9.59 Å². The first-order chi connectivity index (χ1) is 13.6. The van der Waals surface area contributed by atoms with Gasteiger partial charge in [-0.05, 0) is 31.5 Å². The molecule has 3 rings (SSSR count). The van der Waals surface area contributed by atoms with Gasteiger partial charge in [-0.2, -0.15) is 0 Å². The van der Waals surface area contributed by atoms with Crippen LogP contribution in [0.3, 0.4) is 0 Å². The summed E-state index contributed by atoms with van der Waals surface area (Å²) in [5, 5.41) is 14.8. The summed E-state index contributed by atoms with van der Waals surface area (Å²) < 4.78 is 1.93. The molecule has 2 heterocycles. The molecule has 150 valence electrons. The molecule has 1 fully saturated rings. The molecule has 0 unspecified atom stereocenters.